The Kier molecular flexibility index (Phi) is 2.14. The van der Waals surface area contributed by atoms with Gasteiger partial charge in [-0.1, -0.05) is 12.1 Å². The van der Waals surface area contributed by atoms with Crippen LogP contribution in [0.2, 0.25) is 0 Å². The molecule has 0 spiro atoms. The molecule has 0 amide bonds. The molecule has 1 aromatic rings. The molecule has 0 fully saturated rings. The highest BCUT2D eigenvalue weighted by molar-refractivity contribution is 5.87. The Labute approximate surface area is 80.3 Å². The lowest BCUT2D eigenvalue weighted by atomic mass is 10.2. The van der Waals surface area contributed by atoms with E-state index in [-0.39, 0.29) is 11.8 Å². The molecule has 0 N–H and O–H groups in total. The van der Waals surface area contributed by atoms with Gasteiger partial charge >= 0.3 is 5.97 Å². The minimum absolute atomic E-state index is 0.286. The van der Waals surface area contributed by atoms with E-state index < -0.39 is 0 Å². The third-order valence-electron chi connectivity index (χ3n) is 1.78. The number of halogens is 1. The molecule has 70 valence electrons. The fraction of sp³-hybridized carbons (Fsp3) is 0. The van der Waals surface area contributed by atoms with Crippen LogP contribution in [0.15, 0.2) is 42.2 Å². The lowest BCUT2D eigenvalue weighted by Crippen LogP contribution is -1.89. The highest BCUT2D eigenvalue weighted by Gasteiger charge is 2.08. The maximum absolute atomic E-state index is 12.5. The number of cyclic esters (lactones) is 1. The zero-order chi connectivity index (χ0) is 9.97. The monoisotopic (exact) mass is 190 g/mol. The molecule has 3 heteroatoms. The van der Waals surface area contributed by atoms with Crippen molar-refractivity contribution in [2.45, 2.75) is 0 Å². The van der Waals surface area contributed by atoms with Gasteiger partial charge in [-0.3, -0.25) is 0 Å². The second kappa shape index (κ2) is 3.46. The number of allylic oxidation sites excluding steroid dienone is 1. The maximum Gasteiger partial charge on any atom is 0.336 e. The standard InChI is InChI=1S/C11H7FO2/c12-9-3-1-8(2-4-9)7-10-5-6-11(13)14-10/h1-7H. The smallest absolute Gasteiger partial charge is 0.336 e. The summed E-state index contributed by atoms with van der Waals surface area (Å²) >= 11 is 0. The van der Waals surface area contributed by atoms with Gasteiger partial charge < -0.3 is 4.74 Å². The fourth-order valence-corrected chi connectivity index (χ4v) is 1.14. The number of carbonyl (C=O) groups is 1. The Bertz CT molecular complexity index is 415. The molecule has 2 rings (SSSR count). The van der Waals surface area contributed by atoms with E-state index in [0.717, 1.165) is 5.56 Å². The predicted octanol–water partition coefficient (Wildman–Crippen LogP) is 2.28. The Morgan fingerprint density at radius 1 is 1.14 bits per heavy atom. The molecule has 1 aliphatic rings. The van der Waals surface area contributed by atoms with E-state index in [1.165, 1.54) is 18.2 Å². The summed E-state index contributed by atoms with van der Waals surface area (Å²) in [6.07, 6.45) is 4.59. The highest BCUT2D eigenvalue weighted by atomic mass is 19.1. The van der Waals surface area contributed by atoms with Gasteiger partial charge in [-0.05, 0) is 29.8 Å². The molecule has 0 aromatic heterocycles. The summed E-state index contributed by atoms with van der Waals surface area (Å²) in [4.78, 5) is 10.7. The third kappa shape index (κ3) is 1.88. The first-order chi connectivity index (χ1) is 6.74. The van der Waals surface area contributed by atoms with Crippen LogP contribution in [0, 0.1) is 5.82 Å². The first-order valence-corrected chi connectivity index (χ1v) is 4.11. The van der Waals surface area contributed by atoms with Crippen LogP contribution in [0.5, 0.6) is 0 Å². The molecule has 0 unspecified atom stereocenters. The van der Waals surface area contributed by atoms with Crippen LogP contribution < -0.4 is 0 Å². The van der Waals surface area contributed by atoms with Crippen LogP contribution in [0.3, 0.4) is 0 Å². The number of ether oxygens (including phenoxy) is 1. The van der Waals surface area contributed by atoms with Gasteiger partial charge in [-0.2, -0.15) is 0 Å². The van der Waals surface area contributed by atoms with Gasteiger partial charge in [0, 0.05) is 6.08 Å². The number of rotatable bonds is 1. The lowest BCUT2D eigenvalue weighted by molar-refractivity contribution is -0.132. The van der Waals surface area contributed by atoms with E-state index in [1.807, 2.05) is 0 Å². The Morgan fingerprint density at radius 3 is 2.43 bits per heavy atom. The first-order valence-electron chi connectivity index (χ1n) is 4.11. The molecule has 1 aliphatic heterocycles. The molecule has 0 radical (unpaired) electrons. The van der Waals surface area contributed by atoms with E-state index in [2.05, 4.69) is 0 Å². The molecule has 0 atom stereocenters. The van der Waals surface area contributed by atoms with Gasteiger partial charge in [0.15, 0.2) is 0 Å². The Morgan fingerprint density at radius 2 is 1.86 bits per heavy atom. The van der Waals surface area contributed by atoms with Crippen LogP contribution in [0.1, 0.15) is 5.56 Å². The number of carbonyl (C=O) groups excluding carboxylic acids is 1. The van der Waals surface area contributed by atoms with Crippen molar-refractivity contribution in [2.24, 2.45) is 0 Å². The van der Waals surface area contributed by atoms with Crippen molar-refractivity contribution >= 4 is 12.0 Å². The summed E-state index contributed by atoms with van der Waals surface area (Å²) in [5.41, 5.74) is 0.792. The van der Waals surface area contributed by atoms with Crippen molar-refractivity contribution in [3.8, 4) is 0 Å². The molecule has 0 saturated carbocycles. The number of benzene rings is 1. The van der Waals surface area contributed by atoms with E-state index in [1.54, 1.807) is 24.3 Å². The van der Waals surface area contributed by atoms with Crippen LogP contribution in [0.4, 0.5) is 4.39 Å². The summed E-state index contributed by atoms with van der Waals surface area (Å²) in [5, 5.41) is 0. The number of hydrogen-bond donors (Lipinski definition) is 0. The minimum Gasteiger partial charge on any atom is -0.423 e. The lowest BCUT2D eigenvalue weighted by Gasteiger charge is -1.96. The van der Waals surface area contributed by atoms with Crippen molar-refractivity contribution in [2.75, 3.05) is 0 Å². The van der Waals surface area contributed by atoms with Gasteiger partial charge in [0.2, 0.25) is 0 Å². The molecule has 14 heavy (non-hydrogen) atoms. The molecule has 0 bridgehead atoms. The van der Waals surface area contributed by atoms with Crippen LogP contribution in [-0.4, -0.2) is 5.97 Å². The van der Waals surface area contributed by atoms with Crippen molar-refractivity contribution < 1.29 is 13.9 Å². The molecule has 0 saturated heterocycles. The molecular formula is C11H7FO2. The van der Waals surface area contributed by atoms with Gasteiger partial charge in [0.05, 0.1) is 0 Å². The highest BCUT2D eigenvalue weighted by Crippen LogP contribution is 2.14. The first kappa shape index (κ1) is 8.69. The maximum atomic E-state index is 12.5. The van der Waals surface area contributed by atoms with Crippen LogP contribution in [0.25, 0.3) is 6.08 Å². The zero-order valence-corrected chi connectivity index (χ0v) is 7.24. The van der Waals surface area contributed by atoms with Crippen molar-refractivity contribution in [1.82, 2.24) is 0 Å². The van der Waals surface area contributed by atoms with Gasteiger partial charge in [0.25, 0.3) is 0 Å². The summed E-state index contributed by atoms with van der Waals surface area (Å²) in [7, 11) is 0. The quantitative estimate of drug-likeness (QED) is 0.635. The fourth-order valence-electron chi connectivity index (χ4n) is 1.14. The minimum atomic E-state index is -0.377. The molecular weight excluding hydrogens is 183 g/mol. The zero-order valence-electron chi connectivity index (χ0n) is 7.24. The number of esters is 1. The van der Waals surface area contributed by atoms with Gasteiger partial charge in [-0.25, -0.2) is 9.18 Å². The second-order valence-electron chi connectivity index (χ2n) is 2.85. The van der Waals surface area contributed by atoms with E-state index >= 15 is 0 Å². The normalized spacial score (nSPS) is 17.5. The van der Waals surface area contributed by atoms with Gasteiger partial charge in [-0.15, -0.1) is 0 Å². The Hall–Kier alpha value is -1.90. The summed E-state index contributed by atoms with van der Waals surface area (Å²) in [6.45, 7) is 0. The SMILES string of the molecule is O=C1C=CC(=Cc2ccc(F)cc2)O1. The van der Waals surface area contributed by atoms with Crippen molar-refractivity contribution in [3.63, 3.8) is 0 Å². The topological polar surface area (TPSA) is 26.3 Å². The largest absolute Gasteiger partial charge is 0.423 e. The summed E-state index contributed by atoms with van der Waals surface area (Å²) in [5.74, 6) is -0.189. The average molecular weight is 190 g/mol. The van der Waals surface area contributed by atoms with E-state index in [9.17, 15) is 9.18 Å². The molecule has 1 aromatic carbocycles. The van der Waals surface area contributed by atoms with Crippen LogP contribution >= 0.6 is 0 Å². The summed E-state index contributed by atoms with van der Waals surface area (Å²) < 4.78 is 17.4. The van der Waals surface area contributed by atoms with Crippen LogP contribution in [-0.2, 0) is 9.53 Å². The van der Waals surface area contributed by atoms with Gasteiger partial charge in [0.1, 0.15) is 11.6 Å². The van der Waals surface area contributed by atoms with E-state index in [4.69, 9.17) is 4.74 Å². The average Bonchev–Trinajstić information content (AvgIpc) is 2.56. The number of hydrogen-bond acceptors (Lipinski definition) is 2. The second-order valence-corrected chi connectivity index (χ2v) is 2.85. The summed E-state index contributed by atoms with van der Waals surface area (Å²) in [6, 6.07) is 5.93. The Balaban J connectivity index is 2.22. The van der Waals surface area contributed by atoms with Crippen molar-refractivity contribution in [3.05, 3.63) is 53.6 Å². The molecule has 0 aliphatic carbocycles. The third-order valence-corrected chi connectivity index (χ3v) is 1.78. The van der Waals surface area contributed by atoms with E-state index in [0.29, 0.717) is 5.76 Å². The molecule has 2 nitrogen and oxygen atoms in total. The van der Waals surface area contributed by atoms with Crippen molar-refractivity contribution in [1.29, 1.82) is 0 Å². The molecule has 1 heterocycles. The predicted molar refractivity (Wildman–Crippen MR) is 49.6 cm³/mol.